The van der Waals surface area contributed by atoms with E-state index in [0.29, 0.717) is 10.0 Å². The average Bonchev–Trinajstić information content (AvgIpc) is 2.49. The molecule has 0 unspecified atom stereocenters. The van der Waals surface area contributed by atoms with Crippen molar-refractivity contribution < 1.29 is 0 Å². The minimum atomic E-state index is 0.659. The predicted molar refractivity (Wildman–Crippen MR) is 89.4 cm³/mol. The molecule has 0 bridgehead atoms. The van der Waals surface area contributed by atoms with E-state index in [1.54, 1.807) is 12.4 Å². The first kappa shape index (κ1) is 13.9. The van der Waals surface area contributed by atoms with Gasteiger partial charge in [-0.1, -0.05) is 41.4 Å². The molecule has 2 aromatic carbocycles. The second-order valence-electron chi connectivity index (χ2n) is 4.41. The number of fused-ring (bicyclic) bond motifs is 1. The number of anilines is 1. The molecule has 0 atom stereocenters. The highest BCUT2D eigenvalue weighted by molar-refractivity contribution is 6.33. The van der Waals surface area contributed by atoms with Crippen molar-refractivity contribution in [1.29, 1.82) is 0 Å². The van der Waals surface area contributed by atoms with Crippen LogP contribution in [0.2, 0.25) is 10.0 Å². The molecule has 0 aliphatic heterocycles. The second-order valence-corrected chi connectivity index (χ2v) is 5.26. The summed E-state index contributed by atoms with van der Waals surface area (Å²) in [5.74, 6) is 0. The van der Waals surface area contributed by atoms with E-state index in [2.05, 4.69) is 15.5 Å². The lowest BCUT2D eigenvalue weighted by molar-refractivity contribution is 1.33. The van der Waals surface area contributed by atoms with Crippen molar-refractivity contribution in [2.75, 3.05) is 5.43 Å². The monoisotopic (exact) mass is 315 g/mol. The van der Waals surface area contributed by atoms with Crippen LogP contribution in [-0.4, -0.2) is 11.2 Å². The lowest BCUT2D eigenvalue weighted by Crippen LogP contribution is -1.93. The van der Waals surface area contributed by atoms with Crippen molar-refractivity contribution in [1.82, 2.24) is 4.98 Å². The maximum absolute atomic E-state index is 6.07. The molecule has 0 aliphatic carbocycles. The summed E-state index contributed by atoms with van der Waals surface area (Å²) in [6.07, 6.45) is 3.40. The molecule has 5 heteroatoms. The van der Waals surface area contributed by atoms with Gasteiger partial charge in [0.1, 0.15) is 0 Å². The van der Waals surface area contributed by atoms with Crippen LogP contribution in [0.25, 0.3) is 10.9 Å². The van der Waals surface area contributed by atoms with Crippen LogP contribution < -0.4 is 5.43 Å². The molecular weight excluding hydrogens is 305 g/mol. The van der Waals surface area contributed by atoms with Crippen LogP contribution in [0.1, 0.15) is 5.56 Å². The third-order valence-corrected chi connectivity index (χ3v) is 3.58. The fourth-order valence-electron chi connectivity index (χ4n) is 1.97. The molecule has 3 nitrogen and oxygen atoms in total. The molecule has 0 amide bonds. The number of hydrazone groups is 1. The summed E-state index contributed by atoms with van der Waals surface area (Å²) in [6.45, 7) is 0. The lowest BCUT2D eigenvalue weighted by atomic mass is 10.2. The first-order chi connectivity index (χ1) is 10.2. The van der Waals surface area contributed by atoms with E-state index in [-0.39, 0.29) is 0 Å². The van der Waals surface area contributed by atoms with E-state index in [4.69, 9.17) is 23.2 Å². The predicted octanol–water partition coefficient (Wildman–Crippen LogP) is 4.99. The number of pyridine rings is 1. The summed E-state index contributed by atoms with van der Waals surface area (Å²) in [5, 5.41) is 6.50. The van der Waals surface area contributed by atoms with Crippen LogP contribution in [0.3, 0.4) is 0 Å². The summed E-state index contributed by atoms with van der Waals surface area (Å²) >= 11 is 12.0. The molecule has 0 aliphatic rings. The van der Waals surface area contributed by atoms with Gasteiger partial charge < -0.3 is 0 Å². The topological polar surface area (TPSA) is 37.3 Å². The Hall–Kier alpha value is -2.10. The molecule has 0 fully saturated rings. The van der Waals surface area contributed by atoms with Gasteiger partial charge in [-0.05, 0) is 30.3 Å². The fourth-order valence-corrected chi connectivity index (χ4v) is 2.32. The largest absolute Gasteiger partial charge is 0.278 e. The lowest BCUT2D eigenvalue weighted by Gasteiger charge is -2.05. The van der Waals surface area contributed by atoms with Gasteiger partial charge in [0.05, 0.1) is 17.4 Å². The zero-order valence-electron chi connectivity index (χ0n) is 10.9. The van der Waals surface area contributed by atoms with Crippen molar-refractivity contribution >= 4 is 46.0 Å². The Morgan fingerprint density at radius 2 is 1.90 bits per heavy atom. The van der Waals surface area contributed by atoms with Gasteiger partial charge in [0.2, 0.25) is 0 Å². The summed E-state index contributed by atoms with van der Waals surface area (Å²) in [4.78, 5) is 4.29. The molecule has 1 aromatic heterocycles. The molecule has 0 radical (unpaired) electrons. The molecule has 0 spiro atoms. The minimum absolute atomic E-state index is 0.659. The van der Waals surface area contributed by atoms with Crippen LogP contribution in [0.5, 0.6) is 0 Å². The smallest absolute Gasteiger partial charge is 0.0738 e. The standard InChI is InChI=1S/C16H11Cl2N3/c17-12-5-6-13-15(7-8-19-16(13)9-12)21-20-10-11-3-1-2-4-14(11)18/h1-10H,(H,19,21)/b20-10+. The fraction of sp³-hybridized carbons (Fsp3) is 0. The number of halogens is 2. The average molecular weight is 316 g/mol. The molecule has 0 saturated heterocycles. The van der Waals surface area contributed by atoms with Gasteiger partial charge >= 0.3 is 0 Å². The number of rotatable bonds is 3. The Kier molecular flexibility index (Phi) is 4.04. The van der Waals surface area contributed by atoms with E-state index in [1.165, 1.54) is 0 Å². The quantitative estimate of drug-likeness (QED) is 0.546. The van der Waals surface area contributed by atoms with Gasteiger partial charge in [0.25, 0.3) is 0 Å². The Bertz CT molecular complexity index is 815. The van der Waals surface area contributed by atoms with E-state index in [0.717, 1.165) is 22.2 Å². The third kappa shape index (κ3) is 3.15. The zero-order chi connectivity index (χ0) is 14.7. The summed E-state index contributed by atoms with van der Waals surface area (Å²) in [6, 6.07) is 14.9. The van der Waals surface area contributed by atoms with Crippen LogP contribution in [0.15, 0.2) is 59.8 Å². The van der Waals surface area contributed by atoms with Crippen LogP contribution in [0, 0.1) is 0 Å². The number of nitrogens with zero attached hydrogens (tertiary/aromatic N) is 2. The second kappa shape index (κ2) is 6.12. The molecule has 3 aromatic rings. The summed E-state index contributed by atoms with van der Waals surface area (Å²) < 4.78 is 0. The van der Waals surface area contributed by atoms with Crippen molar-refractivity contribution in [2.45, 2.75) is 0 Å². The van der Waals surface area contributed by atoms with Crippen molar-refractivity contribution in [3.63, 3.8) is 0 Å². The maximum atomic E-state index is 6.07. The third-order valence-electron chi connectivity index (χ3n) is 3.00. The summed E-state index contributed by atoms with van der Waals surface area (Å²) in [5.41, 5.74) is 5.55. The number of hydrogen-bond donors (Lipinski definition) is 1. The molecular formula is C16H11Cl2N3. The molecule has 3 rings (SSSR count). The first-order valence-corrected chi connectivity index (χ1v) is 7.07. The number of nitrogens with one attached hydrogen (secondary N) is 1. The van der Waals surface area contributed by atoms with E-state index in [9.17, 15) is 0 Å². The minimum Gasteiger partial charge on any atom is -0.278 e. The maximum Gasteiger partial charge on any atom is 0.0738 e. The van der Waals surface area contributed by atoms with Crippen molar-refractivity contribution in [3.05, 3.63) is 70.3 Å². The number of benzene rings is 2. The Labute approximate surface area is 132 Å². The van der Waals surface area contributed by atoms with Gasteiger partial charge in [-0.2, -0.15) is 5.10 Å². The van der Waals surface area contributed by atoms with Gasteiger partial charge in [0, 0.05) is 27.2 Å². The van der Waals surface area contributed by atoms with Gasteiger partial charge in [-0.25, -0.2) is 0 Å². The van der Waals surface area contributed by atoms with Gasteiger partial charge in [-0.15, -0.1) is 0 Å². The van der Waals surface area contributed by atoms with Crippen molar-refractivity contribution in [3.8, 4) is 0 Å². The van der Waals surface area contributed by atoms with E-state index < -0.39 is 0 Å². The van der Waals surface area contributed by atoms with Gasteiger partial charge in [0.15, 0.2) is 0 Å². The highest BCUT2D eigenvalue weighted by Crippen LogP contribution is 2.24. The molecule has 1 N–H and O–H groups in total. The van der Waals surface area contributed by atoms with Gasteiger partial charge in [-0.3, -0.25) is 10.4 Å². The van der Waals surface area contributed by atoms with Crippen LogP contribution >= 0.6 is 23.2 Å². The normalized spacial score (nSPS) is 11.1. The highest BCUT2D eigenvalue weighted by atomic mass is 35.5. The molecule has 0 saturated carbocycles. The summed E-state index contributed by atoms with van der Waals surface area (Å²) in [7, 11) is 0. The Balaban J connectivity index is 1.87. The number of hydrogen-bond acceptors (Lipinski definition) is 3. The molecule has 1 heterocycles. The first-order valence-electron chi connectivity index (χ1n) is 6.32. The molecule has 21 heavy (non-hydrogen) atoms. The zero-order valence-corrected chi connectivity index (χ0v) is 12.4. The highest BCUT2D eigenvalue weighted by Gasteiger charge is 2.01. The van der Waals surface area contributed by atoms with Crippen LogP contribution in [-0.2, 0) is 0 Å². The van der Waals surface area contributed by atoms with Crippen molar-refractivity contribution in [2.24, 2.45) is 5.10 Å². The SMILES string of the molecule is Clc1ccc2c(N/N=C/c3ccccc3Cl)ccnc2c1. The van der Waals surface area contributed by atoms with E-state index >= 15 is 0 Å². The number of aromatic nitrogens is 1. The van der Waals surface area contributed by atoms with Crippen LogP contribution in [0.4, 0.5) is 5.69 Å². The molecule has 104 valence electrons. The Morgan fingerprint density at radius 3 is 2.76 bits per heavy atom. The van der Waals surface area contributed by atoms with E-state index in [1.807, 2.05) is 48.5 Å². The Morgan fingerprint density at radius 1 is 1.05 bits per heavy atom.